The van der Waals surface area contributed by atoms with Crippen LogP contribution in [0.4, 0.5) is 0 Å². The van der Waals surface area contributed by atoms with Gasteiger partial charge in [-0.05, 0) is 23.8 Å². The number of nitrogens with two attached hydrogens (primary N) is 1. The van der Waals surface area contributed by atoms with Gasteiger partial charge in [0.2, 0.25) is 0 Å². The molecule has 0 aliphatic carbocycles. The van der Waals surface area contributed by atoms with Crippen LogP contribution in [0.3, 0.4) is 0 Å². The van der Waals surface area contributed by atoms with Crippen molar-refractivity contribution in [3.63, 3.8) is 0 Å². The van der Waals surface area contributed by atoms with E-state index in [-0.39, 0.29) is 12.1 Å². The van der Waals surface area contributed by atoms with Crippen molar-refractivity contribution in [2.24, 2.45) is 10.7 Å². The van der Waals surface area contributed by atoms with Crippen LogP contribution in [0.1, 0.15) is 29.6 Å². The van der Waals surface area contributed by atoms with Gasteiger partial charge in [0.25, 0.3) is 0 Å². The minimum absolute atomic E-state index is 0.108. The summed E-state index contributed by atoms with van der Waals surface area (Å²) in [4.78, 5) is 7.07. The number of fused-ring (bicyclic) bond motifs is 1. The monoisotopic (exact) mass is 414 g/mol. The predicted molar refractivity (Wildman–Crippen MR) is 116 cm³/mol. The molecule has 1 saturated heterocycles. The fourth-order valence-electron chi connectivity index (χ4n) is 3.94. The number of morpholine rings is 1. The quantitative estimate of drug-likeness (QED) is 0.581. The van der Waals surface area contributed by atoms with E-state index in [2.05, 4.69) is 27.3 Å². The Morgan fingerprint density at radius 3 is 2.83 bits per heavy atom. The number of aliphatic imine (C=N–C) groups is 1. The Morgan fingerprint density at radius 1 is 1.17 bits per heavy atom. The van der Waals surface area contributed by atoms with Crippen LogP contribution >= 0.6 is 11.6 Å². The van der Waals surface area contributed by atoms with Crippen molar-refractivity contribution in [2.75, 3.05) is 39.5 Å². The van der Waals surface area contributed by atoms with Crippen LogP contribution in [0.25, 0.3) is 0 Å². The molecule has 0 spiro atoms. The van der Waals surface area contributed by atoms with Gasteiger partial charge in [-0.3, -0.25) is 9.89 Å². The van der Waals surface area contributed by atoms with Gasteiger partial charge < -0.3 is 20.5 Å². The molecule has 7 heteroatoms. The number of nitrogens with one attached hydrogen (secondary N) is 1. The topological polar surface area (TPSA) is 72.1 Å². The molecule has 2 aromatic carbocycles. The first-order chi connectivity index (χ1) is 14.2. The molecule has 0 bridgehead atoms. The third-order valence-corrected chi connectivity index (χ3v) is 5.67. The van der Waals surface area contributed by atoms with Gasteiger partial charge in [0.1, 0.15) is 5.75 Å². The number of halogens is 1. The molecular weight excluding hydrogens is 388 g/mol. The van der Waals surface area contributed by atoms with Crippen LogP contribution in [-0.4, -0.2) is 50.3 Å². The van der Waals surface area contributed by atoms with Gasteiger partial charge in [0.15, 0.2) is 5.96 Å². The Morgan fingerprint density at radius 2 is 2.00 bits per heavy atom. The summed E-state index contributed by atoms with van der Waals surface area (Å²) in [5.74, 6) is 1.36. The van der Waals surface area contributed by atoms with Crippen LogP contribution in [0.5, 0.6) is 5.75 Å². The summed E-state index contributed by atoms with van der Waals surface area (Å²) in [7, 11) is 0. The van der Waals surface area contributed by atoms with E-state index < -0.39 is 0 Å². The summed E-state index contributed by atoms with van der Waals surface area (Å²) in [6.45, 7) is 4.42. The van der Waals surface area contributed by atoms with Crippen molar-refractivity contribution in [1.82, 2.24) is 10.2 Å². The molecule has 29 heavy (non-hydrogen) atoms. The second kappa shape index (κ2) is 9.48. The van der Waals surface area contributed by atoms with E-state index in [0.717, 1.165) is 54.6 Å². The Kier molecular flexibility index (Phi) is 6.54. The lowest BCUT2D eigenvalue weighted by atomic mass is 10.0. The standard InChI is InChI=1S/C22H27ClN4O2/c23-17-5-3-4-16(14-17)20(27-9-12-28-13-10-27)15-25-22(24)26-19-8-11-29-21-7-2-1-6-18(19)21/h1-7,14,19-20H,8-13,15H2,(H3,24,25,26). The first-order valence-corrected chi connectivity index (χ1v) is 10.4. The number of rotatable bonds is 5. The first kappa shape index (κ1) is 20.0. The number of guanidine groups is 1. The minimum Gasteiger partial charge on any atom is -0.493 e. The highest BCUT2D eigenvalue weighted by Gasteiger charge is 2.24. The van der Waals surface area contributed by atoms with Crippen molar-refractivity contribution >= 4 is 17.6 Å². The third-order valence-electron chi connectivity index (χ3n) is 5.44. The number of benzene rings is 2. The average Bonchev–Trinajstić information content (AvgIpc) is 2.75. The predicted octanol–water partition coefficient (Wildman–Crippen LogP) is 3.14. The molecule has 6 nitrogen and oxygen atoms in total. The maximum absolute atomic E-state index is 6.28. The van der Waals surface area contributed by atoms with E-state index in [9.17, 15) is 0 Å². The fourth-order valence-corrected chi connectivity index (χ4v) is 4.13. The summed E-state index contributed by atoms with van der Waals surface area (Å²) in [6, 6.07) is 16.3. The Bertz CT molecular complexity index is 854. The normalized spacial score (nSPS) is 21.1. The molecule has 2 aromatic rings. The van der Waals surface area contributed by atoms with Gasteiger partial charge >= 0.3 is 0 Å². The number of nitrogens with zero attached hydrogens (tertiary/aromatic N) is 2. The van der Waals surface area contributed by atoms with Crippen molar-refractivity contribution in [3.05, 3.63) is 64.7 Å². The number of ether oxygens (including phenoxy) is 2. The molecule has 0 aromatic heterocycles. The van der Waals surface area contributed by atoms with Crippen LogP contribution in [0.2, 0.25) is 5.02 Å². The number of hydrogen-bond donors (Lipinski definition) is 2. The molecular formula is C22H27ClN4O2. The highest BCUT2D eigenvalue weighted by molar-refractivity contribution is 6.30. The second-order valence-electron chi connectivity index (χ2n) is 7.32. The lowest BCUT2D eigenvalue weighted by Gasteiger charge is -2.34. The van der Waals surface area contributed by atoms with Crippen LogP contribution < -0.4 is 15.8 Å². The maximum Gasteiger partial charge on any atom is 0.189 e. The summed E-state index contributed by atoms with van der Waals surface area (Å²) in [5, 5.41) is 4.11. The SMILES string of the molecule is NC(=NCC(c1cccc(Cl)c1)N1CCOCC1)NC1CCOc2ccccc21. The van der Waals surface area contributed by atoms with Gasteiger partial charge in [-0.2, -0.15) is 0 Å². The molecule has 0 amide bonds. The summed E-state index contributed by atoms with van der Waals surface area (Å²) >= 11 is 6.24. The van der Waals surface area contributed by atoms with E-state index in [1.165, 1.54) is 0 Å². The summed E-state index contributed by atoms with van der Waals surface area (Å²) in [5.41, 5.74) is 8.54. The molecule has 1 fully saturated rings. The van der Waals surface area contributed by atoms with Crippen molar-refractivity contribution < 1.29 is 9.47 Å². The van der Waals surface area contributed by atoms with Gasteiger partial charge in [0.05, 0.1) is 38.4 Å². The lowest BCUT2D eigenvalue weighted by molar-refractivity contribution is 0.0180. The Labute approximate surface area is 176 Å². The summed E-state index contributed by atoms with van der Waals surface area (Å²) in [6.07, 6.45) is 0.856. The molecule has 0 saturated carbocycles. The van der Waals surface area contributed by atoms with Gasteiger partial charge in [-0.25, -0.2) is 0 Å². The van der Waals surface area contributed by atoms with Crippen molar-refractivity contribution in [3.8, 4) is 5.75 Å². The smallest absolute Gasteiger partial charge is 0.189 e. The van der Waals surface area contributed by atoms with Crippen LogP contribution in [-0.2, 0) is 4.74 Å². The zero-order valence-electron chi connectivity index (χ0n) is 16.4. The van der Waals surface area contributed by atoms with E-state index in [4.69, 9.17) is 26.8 Å². The van der Waals surface area contributed by atoms with E-state index >= 15 is 0 Å². The molecule has 3 N–H and O–H groups in total. The zero-order chi connectivity index (χ0) is 20.1. The fraction of sp³-hybridized carbons (Fsp3) is 0.409. The maximum atomic E-state index is 6.28. The van der Waals surface area contributed by atoms with Crippen LogP contribution in [0.15, 0.2) is 53.5 Å². The first-order valence-electron chi connectivity index (χ1n) is 10.1. The van der Waals surface area contributed by atoms with E-state index in [1.807, 2.05) is 36.4 Å². The Balaban J connectivity index is 1.48. The second-order valence-corrected chi connectivity index (χ2v) is 7.75. The molecule has 2 atom stereocenters. The van der Waals surface area contributed by atoms with Crippen molar-refractivity contribution in [1.29, 1.82) is 0 Å². The highest BCUT2D eigenvalue weighted by Crippen LogP contribution is 2.31. The van der Waals surface area contributed by atoms with E-state index in [0.29, 0.717) is 19.1 Å². The highest BCUT2D eigenvalue weighted by atomic mass is 35.5. The number of hydrogen-bond acceptors (Lipinski definition) is 4. The van der Waals surface area contributed by atoms with Gasteiger partial charge in [-0.15, -0.1) is 0 Å². The summed E-state index contributed by atoms with van der Waals surface area (Å²) < 4.78 is 11.2. The minimum atomic E-state index is 0.108. The molecule has 2 heterocycles. The van der Waals surface area contributed by atoms with Gasteiger partial charge in [0, 0.05) is 30.1 Å². The average molecular weight is 415 g/mol. The third kappa shape index (κ3) is 5.01. The zero-order valence-corrected chi connectivity index (χ0v) is 17.1. The Hall–Kier alpha value is -2.28. The largest absolute Gasteiger partial charge is 0.493 e. The molecule has 2 unspecified atom stereocenters. The molecule has 4 rings (SSSR count). The molecule has 0 radical (unpaired) electrons. The lowest BCUT2D eigenvalue weighted by Crippen LogP contribution is -2.41. The molecule has 2 aliphatic rings. The van der Waals surface area contributed by atoms with Crippen molar-refractivity contribution in [2.45, 2.75) is 18.5 Å². The van der Waals surface area contributed by atoms with E-state index in [1.54, 1.807) is 0 Å². The molecule has 154 valence electrons. The number of para-hydroxylation sites is 1. The van der Waals surface area contributed by atoms with Gasteiger partial charge in [-0.1, -0.05) is 41.9 Å². The van der Waals surface area contributed by atoms with Crippen LogP contribution in [0, 0.1) is 0 Å². The molecule has 2 aliphatic heterocycles.